The predicted octanol–water partition coefficient (Wildman–Crippen LogP) is 4.25. The topological polar surface area (TPSA) is 44.8 Å². The van der Waals surface area contributed by atoms with Gasteiger partial charge in [0, 0.05) is 0 Å². The Morgan fingerprint density at radius 3 is 2.30 bits per heavy atom. The average Bonchev–Trinajstić information content (AvgIpc) is 2.59. The minimum Gasteiger partial charge on any atom is -0.493 e. The maximum absolute atomic E-state index is 12.4. The molecule has 4 nitrogen and oxygen atoms in total. The number of carbonyl (C=O) groups excluding carboxylic acids is 1. The van der Waals surface area contributed by atoms with E-state index in [-0.39, 0.29) is 10.6 Å². The van der Waals surface area contributed by atoms with Crippen LogP contribution < -0.4 is 14.2 Å². The summed E-state index contributed by atoms with van der Waals surface area (Å²) in [4.78, 5) is 12.1. The summed E-state index contributed by atoms with van der Waals surface area (Å²) in [5.74, 6) is 1.26. The molecule has 0 aromatic heterocycles. The molecule has 5 heteroatoms. The SMILES string of the molecule is COc1ccc(C(=O)[C@@H](C)Br)c(OCc2ccccc2)c1OC. The lowest BCUT2D eigenvalue weighted by Crippen LogP contribution is -2.13. The highest BCUT2D eigenvalue weighted by Crippen LogP contribution is 2.41. The summed E-state index contributed by atoms with van der Waals surface area (Å²) in [5, 5.41) is 0. The first-order valence-corrected chi connectivity index (χ1v) is 8.10. The van der Waals surface area contributed by atoms with Crippen LogP contribution in [0.15, 0.2) is 42.5 Å². The van der Waals surface area contributed by atoms with Crippen molar-refractivity contribution >= 4 is 21.7 Å². The molecule has 0 saturated heterocycles. The molecule has 2 aromatic rings. The largest absolute Gasteiger partial charge is 0.493 e. The summed E-state index contributed by atoms with van der Waals surface area (Å²) in [6.07, 6.45) is 0. The molecule has 0 amide bonds. The highest BCUT2D eigenvalue weighted by molar-refractivity contribution is 9.10. The Bertz CT molecular complexity index is 668. The second-order valence-electron chi connectivity index (χ2n) is 4.93. The first-order chi connectivity index (χ1) is 11.1. The number of methoxy groups -OCH3 is 2. The van der Waals surface area contributed by atoms with Gasteiger partial charge in [0.25, 0.3) is 0 Å². The fourth-order valence-corrected chi connectivity index (χ4v) is 2.43. The Kier molecular flexibility index (Phi) is 6.04. The fraction of sp³-hybridized carbons (Fsp3) is 0.278. The molecular weight excluding hydrogens is 360 g/mol. The molecule has 0 spiro atoms. The number of benzene rings is 2. The molecule has 0 unspecified atom stereocenters. The number of carbonyl (C=O) groups is 1. The molecule has 0 heterocycles. The van der Waals surface area contributed by atoms with Crippen LogP contribution in [0.3, 0.4) is 0 Å². The monoisotopic (exact) mass is 378 g/mol. The van der Waals surface area contributed by atoms with Crippen LogP contribution in [0, 0.1) is 0 Å². The first kappa shape index (κ1) is 17.3. The van der Waals surface area contributed by atoms with E-state index in [0.717, 1.165) is 5.56 Å². The fourth-order valence-electron chi connectivity index (χ4n) is 2.18. The highest BCUT2D eigenvalue weighted by atomic mass is 79.9. The lowest BCUT2D eigenvalue weighted by atomic mass is 10.1. The van der Waals surface area contributed by atoms with Gasteiger partial charge in [0.1, 0.15) is 6.61 Å². The average molecular weight is 379 g/mol. The minimum atomic E-state index is -0.320. The van der Waals surface area contributed by atoms with Gasteiger partial charge in [0.2, 0.25) is 5.75 Å². The number of rotatable bonds is 7. The summed E-state index contributed by atoms with van der Waals surface area (Å²) < 4.78 is 16.6. The minimum absolute atomic E-state index is 0.0750. The van der Waals surface area contributed by atoms with Crippen LogP contribution in [0.5, 0.6) is 17.2 Å². The van der Waals surface area contributed by atoms with Crippen LogP contribution in [0.2, 0.25) is 0 Å². The zero-order chi connectivity index (χ0) is 16.8. The number of ether oxygens (including phenoxy) is 3. The van der Waals surface area contributed by atoms with E-state index in [1.807, 2.05) is 30.3 Å². The highest BCUT2D eigenvalue weighted by Gasteiger charge is 2.23. The van der Waals surface area contributed by atoms with E-state index < -0.39 is 0 Å². The maximum Gasteiger partial charge on any atom is 0.204 e. The number of alkyl halides is 1. The Morgan fingerprint density at radius 1 is 1.04 bits per heavy atom. The summed E-state index contributed by atoms with van der Waals surface area (Å²) in [5.41, 5.74) is 1.46. The Balaban J connectivity index is 2.41. The van der Waals surface area contributed by atoms with Crippen LogP contribution in [-0.2, 0) is 6.61 Å². The maximum atomic E-state index is 12.4. The van der Waals surface area contributed by atoms with Gasteiger partial charge < -0.3 is 14.2 Å². The van der Waals surface area contributed by atoms with Crippen molar-refractivity contribution in [2.45, 2.75) is 18.4 Å². The number of Topliss-reactive ketones (excluding diaryl/α,β-unsaturated/α-hetero) is 1. The van der Waals surface area contributed by atoms with Crippen molar-refractivity contribution in [1.82, 2.24) is 0 Å². The number of ketones is 1. The second-order valence-corrected chi connectivity index (χ2v) is 6.31. The molecule has 2 rings (SSSR count). The summed E-state index contributed by atoms with van der Waals surface area (Å²) in [6, 6.07) is 13.1. The van der Waals surface area contributed by atoms with Crippen molar-refractivity contribution in [2.75, 3.05) is 14.2 Å². The van der Waals surface area contributed by atoms with E-state index in [9.17, 15) is 4.79 Å². The Morgan fingerprint density at radius 2 is 1.74 bits per heavy atom. The Labute approximate surface area is 144 Å². The van der Waals surface area contributed by atoms with Crippen LogP contribution in [0.1, 0.15) is 22.8 Å². The standard InChI is InChI=1S/C18H19BrO4/c1-12(19)16(20)14-9-10-15(21-2)18(22-3)17(14)23-11-13-7-5-4-6-8-13/h4-10,12H,11H2,1-3H3/t12-/m1/s1. The van der Waals surface area contributed by atoms with Gasteiger partial charge in [-0.25, -0.2) is 0 Å². The smallest absolute Gasteiger partial charge is 0.204 e. The van der Waals surface area contributed by atoms with Crippen molar-refractivity contribution in [3.8, 4) is 17.2 Å². The molecular formula is C18H19BrO4. The molecule has 1 atom stereocenters. The quantitative estimate of drug-likeness (QED) is 0.533. The second kappa shape index (κ2) is 8.02. The third kappa shape index (κ3) is 4.05. The van der Waals surface area contributed by atoms with E-state index >= 15 is 0 Å². The van der Waals surface area contributed by atoms with Gasteiger partial charge in [0.05, 0.1) is 24.6 Å². The molecule has 0 aliphatic heterocycles. The van der Waals surface area contributed by atoms with Gasteiger partial charge in [-0.2, -0.15) is 0 Å². The van der Waals surface area contributed by atoms with E-state index in [1.165, 1.54) is 7.11 Å². The summed E-state index contributed by atoms with van der Waals surface area (Å²) in [7, 11) is 3.08. The molecule has 0 aliphatic rings. The zero-order valence-corrected chi connectivity index (χ0v) is 14.9. The summed E-state index contributed by atoms with van der Waals surface area (Å²) >= 11 is 3.31. The van der Waals surface area contributed by atoms with Crippen LogP contribution in [0.25, 0.3) is 0 Å². The molecule has 0 radical (unpaired) electrons. The predicted molar refractivity (Wildman–Crippen MR) is 93.0 cm³/mol. The normalized spacial score (nSPS) is 11.7. The van der Waals surface area contributed by atoms with E-state index in [4.69, 9.17) is 14.2 Å². The van der Waals surface area contributed by atoms with Gasteiger partial charge in [-0.1, -0.05) is 46.3 Å². The number of halogens is 1. The first-order valence-electron chi connectivity index (χ1n) is 7.18. The van der Waals surface area contributed by atoms with E-state index in [1.54, 1.807) is 26.2 Å². The lowest BCUT2D eigenvalue weighted by molar-refractivity contribution is 0.0990. The molecule has 0 fully saturated rings. The molecule has 122 valence electrons. The van der Waals surface area contributed by atoms with Crippen molar-refractivity contribution in [2.24, 2.45) is 0 Å². The third-order valence-corrected chi connectivity index (χ3v) is 3.77. The summed E-state index contributed by atoms with van der Waals surface area (Å²) in [6.45, 7) is 2.11. The van der Waals surface area contributed by atoms with Gasteiger partial charge >= 0.3 is 0 Å². The Hall–Kier alpha value is -2.01. The zero-order valence-electron chi connectivity index (χ0n) is 13.3. The van der Waals surface area contributed by atoms with Crippen LogP contribution in [-0.4, -0.2) is 24.8 Å². The number of hydrogen-bond acceptors (Lipinski definition) is 4. The molecule has 0 saturated carbocycles. The van der Waals surface area contributed by atoms with Crippen molar-refractivity contribution < 1.29 is 19.0 Å². The molecule has 0 N–H and O–H groups in total. The van der Waals surface area contributed by atoms with Gasteiger partial charge in [-0.05, 0) is 24.6 Å². The van der Waals surface area contributed by atoms with E-state index in [2.05, 4.69) is 15.9 Å². The van der Waals surface area contributed by atoms with Crippen LogP contribution in [0.4, 0.5) is 0 Å². The van der Waals surface area contributed by atoms with Crippen LogP contribution >= 0.6 is 15.9 Å². The van der Waals surface area contributed by atoms with Gasteiger partial charge in [0.15, 0.2) is 17.3 Å². The van der Waals surface area contributed by atoms with E-state index in [0.29, 0.717) is 29.4 Å². The van der Waals surface area contributed by atoms with Crippen molar-refractivity contribution in [1.29, 1.82) is 0 Å². The van der Waals surface area contributed by atoms with Crippen molar-refractivity contribution in [3.63, 3.8) is 0 Å². The van der Waals surface area contributed by atoms with Gasteiger partial charge in [-0.3, -0.25) is 4.79 Å². The number of hydrogen-bond donors (Lipinski definition) is 0. The molecule has 2 aromatic carbocycles. The lowest BCUT2D eigenvalue weighted by Gasteiger charge is -2.17. The molecule has 0 aliphatic carbocycles. The van der Waals surface area contributed by atoms with Gasteiger partial charge in [-0.15, -0.1) is 0 Å². The van der Waals surface area contributed by atoms with Crippen molar-refractivity contribution in [3.05, 3.63) is 53.6 Å². The third-order valence-electron chi connectivity index (χ3n) is 3.35. The molecule has 0 bridgehead atoms. The molecule has 23 heavy (non-hydrogen) atoms.